The zero-order chi connectivity index (χ0) is 17.8. The average Bonchev–Trinajstić information content (AvgIpc) is 3.13. The van der Waals surface area contributed by atoms with E-state index in [1.54, 1.807) is 0 Å². The van der Waals surface area contributed by atoms with Gasteiger partial charge in [0.2, 0.25) is 0 Å². The molecule has 134 valence electrons. The Bertz CT molecular complexity index is 948. The van der Waals surface area contributed by atoms with Gasteiger partial charge in [0.15, 0.2) is 0 Å². The summed E-state index contributed by atoms with van der Waals surface area (Å²) in [4.78, 5) is 7.67. The normalized spacial score (nSPS) is 28.7. The monoisotopic (exact) mass is 382 g/mol. The predicted octanol–water partition coefficient (Wildman–Crippen LogP) is 5.99. The fraction of sp³-hybridized carbons (Fsp3) is 0.409. The lowest BCUT2D eigenvalue weighted by Gasteiger charge is -2.42. The number of piperidine rings is 1. The second-order valence-electron chi connectivity index (χ2n) is 7.91. The van der Waals surface area contributed by atoms with Crippen LogP contribution < -0.4 is 0 Å². The number of likely N-dealkylation sites (N-methyl/N-ethyl adjacent to an activating group) is 1. The molecular formula is C22H23ClN2S. The van der Waals surface area contributed by atoms with Crippen LogP contribution in [0.25, 0.3) is 10.2 Å². The van der Waals surface area contributed by atoms with Gasteiger partial charge in [-0.2, -0.15) is 0 Å². The number of thiazole rings is 1. The standard InChI is InChI=1S/C22H23ClN2S/c1-13-3-5-14(6-4-13)17-12-16-8-10-19(25(16)2)21(17)22-24-18-9-7-15(23)11-20(18)26-22/h3-7,9,11,16-17,19,21H,8,10,12H2,1-2H3/t16-,17?,19?,21+/m1/s1. The molecule has 2 aromatic carbocycles. The Morgan fingerprint density at radius 2 is 1.92 bits per heavy atom. The quantitative estimate of drug-likeness (QED) is 0.541. The van der Waals surface area contributed by atoms with Crippen LogP contribution in [0.3, 0.4) is 0 Å². The lowest BCUT2D eigenvalue weighted by atomic mass is 9.76. The van der Waals surface area contributed by atoms with Gasteiger partial charge in [-0.25, -0.2) is 4.98 Å². The molecule has 0 N–H and O–H groups in total. The summed E-state index contributed by atoms with van der Waals surface area (Å²) in [6, 6.07) is 16.6. The number of nitrogens with zero attached hydrogens (tertiary/aromatic N) is 2. The molecule has 4 heteroatoms. The SMILES string of the molecule is Cc1ccc(C2C[C@H]3CCC([C@H]2c2nc4ccc(Cl)cc4s2)N3C)cc1. The lowest BCUT2D eigenvalue weighted by molar-refractivity contribution is 0.137. The molecule has 2 saturated heterocycles. The first-order valence-corrected chi connectivity index (χ1v) is 10.6. The van der Waals surface area contributed by atoms with Crippen LogP contribution in [0.1, 0.15) is 47.2 Å². The van der Waals surface area contributed by atoms with E-state index in [4.69, 9.17) is 16.6 Å². The molecule has 2 unspecified atom stereocenters. The summed E-state index contributed by atoms with van der Waals surface area (Å²) in [6.07, 6.45) is 3.83. The number of aryl methyl sites for hydroxylation is 1. The van der Waals surface area contributed by atoms with E-state index in [2.05, 4.69) is 55.3 Å². The number of hydrogen-bond donors (Lipinski definition) is 0. The van der Waals surface area contributed by atoms with Gasteiger partial charge in [-0.1, -0.05) is 41.4 Å². The van der Waals surface area contributed by atoms with Gasteiger partial charge in [0.25, 0.3) is 0 Å². The van der Waals surface area contributed by atoms with Crippen molar-refractivity contribution in [2.24, 2.45) is 0 Å². The highest BCUT2D eigenvalue weighted by molar-refractivity contribution is 7.18. The van der Waals surface area contributed by atoms with Gasteiger partial charge >= 0.3 is 0 Å². The van der Waals surface area contributed by atoms with Crippen molar-refractivity contribution in [2.75, 3.05) is 7.05 Å². The van der Waals surface area contributed by atoms with Crippen LogP contribution in [-0.4, -0.2) is 29.0 Å². The van der Waals surface area contributed by atoms with Crippen molar-refractivity contribution >= 4 is 33.2 Å². The first-order valence-electron chi connectivity index (χ1n) is 9.44. The van der Waals surface area contributed by atoms with Crippen molar-refractivity contribution < 1.29 is 0 Å². The molecule has 0 aliphatic carbocycles. The van der Waals surface area contributed by atoms with Crippen molar-refractivity contribution in [1.82, 2.24) is 9.88 Å². The van der Waals surface area contributed by atoms with Gasteiger partial charge in [0.1, 0.15) is 0 Å². The number of halogens is 1. The Morgan fingerprint density at radius 1 is 1.12 bits per heavy atom. The maximum Gasteiger partial charge on any atom is 0.0991 e. The average molecular weight is 383 g/mol. The fourth-order valence-electron chi connectivity index (χ4n) is 5.02. The molecule has 2 nitrogen and oxygen atoms in total. The Kier molecular flexibility index (Phi) is 4.07. The molecule has 3 heterocycles. The van der Waals surface area contributed by atoms with Gasteiger partial charge in [0, 0.05) is 23.0 Å². The molecule has 3 aromatic rings. The van der Waals surface area contributed by atoms with E-state index >= 15 is 0 Å². The van der Waals surface area contributed by atoms with Gasteiger partial charge in [-0.3, -0.25) is 4.90 Å². The van der Waals surface area contributed by atoms with Gasteiger partial charge < -0.3 is 0 Å². The third kappa shape index (κ3) is 2.69. The summed E-state index contributed by atoms with van der Waals surface area (Å²) >= 11 is 8.05. The molecule has 0 saturated carbocycles. The van der Waals surface area contributed by atoms with Crippen LogP contribution in [0.2, 0.25) is 5.02 Å². The maximum absolute atomic E-state index is 6.21. The maximum atomic E-state index is 6.21. The molecule has 0 radical (unpaired) electrons. The predicted molar refractivity (Wildman–Crippen MR) is 110 cm³/mol. The van der Waals surface area contributed by atoms with E-state index < -0.39 is 0 Å². The molecule has 2 bridgehead atoms. The van der Waals surface area contributed by atoms with Crippen LogP contribution in [0.4, 0.5) is 0 Å². The van der Waals surface area contributed by atoms with Crippen LogP contribution in [0.15, 0.2) is 42.5 Å². The number of rotatable bonds is 2. The van der Waals surface area contributed by atoms with E-state index in [0.717, 1.165) is 10.5 Å². The van der Waals surface area contributed by atoms with Crippen LogP contribution in [-0.2, 0) is 0 Å². The summed E-state index contributed by atoms with van der Waals surface area (Å²) in [5.74, 6) is 1.03. The second kappa shape index (κ2) is 6.33. The number of fused-ring (bicyclic) bond motifs is 3. The molecule has 2 aliphatic heterocycles. The number of benzene rings is 2. The Balaban J connectivity index is 1.61. The highest BCUT2D eigenvalue weighted by Gasteiger charge is 2.47. The minimum atomic E-state index is 0.470. The number of aromatic nitrogens is 1. The summed E-state index contributed by atoms with van der Waals surface area (Å²) in [5.41, 5.74) is 3.89. The topological polar surface area (TPSA) is 16.1 Å². The summed E-state index contributed by atoms with van der Waals surface area (Å²) in [6.45, 7) is 2.16. The molecule has 0 amide bonds. The minimum absolute atomic E-state index is 0.470. The van der Waals surface area contributed by atoms with E-state index in [0.29, 0.717) is 23.9 Å². The largest absolute Gasteiger partial charge is 0.300 e. The Labute approximate surface area is 163 Å². The van der Waals surface area contributed by atoms with Crippen molar-refractivity contribution in [3.05, 3.63) is 63.6 Å². The molecule has 26 heavy (non-hydrogen) atoms. The highest BCUT2D eigenvalue weighted by Crippen LogP contribution is 2.52. The summed E-state index contributed by atoms with van der Waals surface area (Å²) in [5, 5.41) is 2.08. The van der Waals surface area contributed by atoms with Crippen LogP contribution in [0.5, 0.6) is 0 Å². The fourth-order valence-corrected chi connectivity index (χ4v) is 6.49. The third-order valence-corrected chi connectivity index (χ3v) is 7.78. The van der Waals surface area contributed by atoms with Gasteiger partial charge in [0.05, 0.1) is 15.2 Å². The molecule has 2 aliphatic rings. The Morgan fingerprint density at radius 3 is 2.73 bits per heavy atom. The van der Waals surface area contributed by atoms with E-state index in [9.17, 15) is 0 Å². The van der Waals surface area contributed by atoms with E-state index in [1.165, 1.54) is 40.1 Å². The van der Waals surface area contributed by atoms with Crippen molar-refractivity contribution in [3.8, 4) is 0 Å². The zero-order valence-corrected chi connectivity index (χ0v) is 16.7. The molecule has 1 aromatic heterocycles. The van der Waals surface area contributed by atoms with Gasteiger partial charge in [-0.05, 0) is 62.9 Å². The molecular weight excluding hydrogens is 360 g/mol. The smallest absolute Gasteiger partial charge is 0.0991 e. The van der Waals surface area contributed by atoms with Crippen molar-refractivity contribution in [1.29, 1.82) is 0 Å². The molecule has 0 spiro atoms. The molecule has 2 fully saturated rings. The van der Waals surface area contributed by atoms with Crippen LogP contribution >= 0.6 is 22.9 Å². The third-order valence-electron chi connectivity index (χ3n) is 6.43. The first-order chi connectivity index (χ1) is 12.6. The Hall–Kier alpha value is -1.42. The van der Waals surface area contributed by atoms with E-state index in [-0.39, 0.29) is 0 Å². The number of hydrogen-bond acceptors (Lipinski definition) is 3. The van der Waals surface area contributed by atoms with E-state index in [1.807, 2.05) is 17.4 Å². The first kappa shape index (κ1) is 16.7. The minimum Gasteiger partial charge on any atom is -0.300 e. The van der Waals surface area contributed by atoms with Crippen LogP contribution in [0, 0.1) is 6.92 Å². The lowest BCUT2D eigenvalue weighted by Crippen LogP contribution is -2.44. The summed E-state index contributed by atoms with van der Waals surface area (Å²) in [7, 11) is 2.31. The van der Waals surface area contributed by atoms with Gasteiger partial charge in [-0.15, -0.1) is 11.3 Å². The summed E-state index contributed by atoms with van der Waals surface area (Å²) < 4.78 is 1.21. The molecule has 5 rings (SSSR count). The van der Waals surface area contributed by atoms with Crippen molar-refractivity contribution in [3.63, 3.8) is 0 Å². The zero-order valence-electron chi connectivity index (χ0n) is 15.2. The second-order valence-corrected chi connectivity index (χ2v) is 9.41. The molecule has 4 atom stereocenters. The van der Waals surface area contributed by atoms with Crippen molar-refractivity contribution in [2.45, 2.75) is 50.1 Å². The highest BCUT2D eigenvalue weighted by atomic mass is 35.5.